The Kier molecular flexibility index (Phi) is 10.3. The smallest absolute Gasteiger partial charge is 0.258 e. The number of rotatable bonds is 7. The Morgan fingerprint density at radius 1 is 1.17 bits per heavy atom. The fraction of sp³-hybridized carbons (Fsp3) is 0.556. The Morgan fingerprint density at radius 3 is 2.69 bits per heavy atom. The van der Waals surface area contributed by atoms with E-state index in [0.717, 1.165) is 36.4 Å². The van der Waals surface area contributed by atoms with Gasteiger partial charge in [0.25, 0.3) is 5.91 Å². The second-order valence-corrected chi connectivity index (χ2v) is 10.5. The van der Waals surface area contributed by atoms with Crippen molar-refractivity contribution < 1.29 is 19.1 Å². The standard InChI is InChI=1S/C27H38N4O4S/c1-20-28-21(19-36-20)18-25(32)29(2)15-10-8-13-23-27(34)30(3)16-9-5-11-17-35-24-14-7-6-12-22(24)26(33)31(23)4/h6-7,12,14,19,23H,5,8-11,13,15-18H2,1-4H3/t23-/m0/s1. The number of hydrogen-bond acceptors (Lipinski definition) is 6. The summed E-state index contributed by atoms with van der Waals surface area (Å²) in [6.07, 6.45) is 5.00. The lowest BCUT2D eigenvalue weighted by atomic mass is 10.0. The summed E-state index contributed by atoms with van der Waals surface area (Å²) in [6, 6.07) is 6.66. The van der Waals surface area contributed by atoms with Gasteiger partial charge in [0.05, 0.1) is 29.3 Å². The molecular weight excluding hydrogens is 476 g/mol. The zero-order valence-electron chi connectivity index (χ0n) is 21.9. The first kappa shape index (κ1) is 27.6. The third kappa shape index (κ3) is 7.53. The second-order valence-electron chi connectivity index (χ2n) is 9.44. The van der Waals surface area contributed by atoms with Crippen LogP contribution in [0.2, 0.25) is 0 Å². The molecule has 0 unspecified atom stereocenters. The Bertz CT molecular complexity index is 1040. The number of nitrogens with zero attached hydrogens (tertiary/aromatic N) is 4. The molecule has 196 valence electrons. The molecule has 36 heavy (non-hydrogen) atoms. The molecule has 1 aromatic heterocycles. The van der Waals surface area contributed by atoms with Gasteiger partial charge >= 0.3 is 0 Å². The van der Waals surface area contributed by atoms with E-state index in [-0.39, 0.29) is 17.7 Å². The Labute approximate surface area is 218 Å². The van der Waals surface area contributed by atoms with E-state index in [9.17, 15) is 14.4 Å². The molecule has 0 bridgehead atoms. The van der Waals surface area contributed by atoms with Crippen LogP contribution in [0.25, 0.3) is 0 Å². The lowest BCUT2D eigenvalue weighted by Crippen LogP contribution is -2.48. The maximum absolute atomic E-state index is 13.4. The average Bonchev–Trinajstić information content (AvgIpc) is 3.28. The lowest BCUT2D eigenvalue weighted by molar-refractivity contribution is -0.135. The summed E-state index contributed by atoms with van der Waals surface area (Å²) in [7, 11) is 5.30. The molecule has 0 N–H and O–H groups in total. The van der Waals surface area contributed by atoms with Crippen molar-refractivity contribution in [2.24, 2.45) is 0 Å². The molecule has 2 aromatic rings. The van der Waals surface area contributed by atoms with E-state index in [1.807, 2.05) is 37.6 Å². The van der Waals surface area contributed by atoms with Gasteiger partial charge in [0.1, 0.15) is 11.8 Å². The highest BCUT2D eigenvalue weighted by atomic mass is 32.1. The van der Waals surface area contributed by atoms with Crippen LogP contribution in [0.15, 0.2) is 29.6 Å². The molecule has 8 nitrogen and oxygen atoms in total. The first-order valence-corrected chi connectivity index (χ1v) is 13.5. The number of likely N-dealkylation sites (N-methyl/N-ethyl adjacent to an activating group) is 3. The van der Waals surface area contributed by atoms with E-state index in [0.29, 0.717) is 50.3 Å². The monoisotopic (exact) mass is 514 g/mol. The molecular formula is C27H38N4O4S. The number of benzene rings is 1. The van der Waals surface area contributed by atoms with Gasteiger partial charge in [-0.1, -0.05) is 12.1 Å². The van der Waals surface area contributed by atoms with Gasteiger partial charge in [-0.2, -0.15) is 0 Å². The summed E-state index contributed by atoms with van der Waals surface area (Å²) in [5.41, 5.74) is 1.28. The van der Waals surface area contributed by atoms with Crippen LogP contribution >= 0.6 is 11.3 Å². The van der Waals surface area contributed by atoms with Gasteiger partial charge in [-0.3, -0.25) is 14.4 Å². The van der Waals surface area contributed by atoms with E-state index in [1.165, 1.54) is 0 Å². The van der Waals surface area contributed by atoms with Gasteiger partial charge in [0, 0.05) is 39.6 Å². The number of carbonyl (C=O) groups excluding carboxylic acids is 3. The van der Waals surface area contributed by atoms with Crippen molar-refractivity contribution in [2.75, 3.05) is 40.8 Å². The normalized spacial score (nSPS) is 17.5. The van der Waals surface area contributed by atoms with Gasteiger partial charge in [0.15, 0.2) is 0 Å². The van der Waals surface area contributed by atoms with Crippen LogP contribution in [0, 0.1) is 6.92 Å². The van der Waals surface area contributed by atoms with Crippen molar-refractivity contribution in [3.63, 3.8) is 0 Å². The minimum absolute atomic E-state index is 0.0297. The van der Waals surface area contributed by atoms with Gasteiger partial charge in [-0.05, 0) is 57.6 Å². The van der Waals surface area contributed by atoms with Crippen molar-refractivity contribution in [1.29, 1.82) is 0 Å². The maximum Gasteiger partial charge on any atom is 0.258 e. The highest BCUT2D eigenvalue weighted by Gasteiger charge is 2.31. The first-order valence-electron chi connectivity index (χ1n) is 12.7. The van der Waals surface area contributed by atoms with E-state index in [2.05, 4.69) is 4.98 Å². The molecule has 2 heterocycles. The van der Waals surface area contributed by atoms with E-state index >= 15 is 0 Å². The second kappa shape index (κ2) is 13.4. The third-order valence-corrected chi connectivity index (χ3v) is 7.43. The molecule has 0 saturated heterocycles. The fourth-order valence-electron chi connectivity index (χ4n) is 4.35. The van der Waals surface area contributed by atoms with Gasteiger partial charge in [-0.25, -0.2) is 4.98 Å². The van der Waals surface area contributed by atoms with Gasteiger partial charge in [0.2, 0.25) is 11.8 Å². The Hall–Kier alpha value is -2.94. The van der Waals surface area contributed by atoms with Crippen LogP contribution < -0.4 is 4.74 Å². The summed E-state index contributed by atoms with van der Waals surface area (Å²) in [5, 5.41) is 2.88. The Balaban J connectivity index is 1.64. The highest BCUT2D eigenvalue weighted by molar-refractivity contribution is 7.09. The number of para-hydroxylation sites is 1. The van der Waals surface area contributed by atoms with Crippen LogP contribution in [0.4, 0.5) is 0 Å². The predicted molar refractivity (Wildman–Crippen MR) is 141 cm³/mol. The molecule has 1 atom stereocenters. The number of thiazole rings is 1. The summed E-state index contributed by atoms with van der Waals surface area (Å²) < 4.78 is 5.91. The van der Waals surface area contributed by atoms with Crippen LogP contribution in [-0.4, -0.2) is 84.3 Å². The minimum atomic E-state index is -0.574. The largest absolute Gasteiger partial charge is 0.493 e. The van der Waals surface area contributed by atoms with Crippen LogP contribution in [0.5, 0.6) is 5.75 Å². The van der Waals surface area contributed by atoms with Gasteiger partial charge in [-0.15, -0.1) is 11.3 Å². The summed E-state index contributed by atoms with van der Waals surface area (Å²) in [5.74, 6) is 0.319. The number of amides is 3. The number of carbonyl (C=O) groups is 3. The van der Waals surface area contributed by atoms with E-state index < -0.39 is 6.04 Å². The number of aromatic nitrogens is 1. The predicted octanol–water partition coefficient (Wildman–Crippen LogP) is 3.78. The van der Waals surface area contributed by atoms with Crippen molar-refractivity contribution in [2.45, 2.75) is 57.9 Å². The summed E-state index contributed by atoms with van der Waals surface area (Å²) >= 11 is 1.54. The quantitative estimate of drug-likeness (QED) is 0.525. The van der Waals surface area contributed by atoms with Crippen LogP contribution in [0.3, 0.4) is 0 Å². The van der Waals surface area contributed by atoms with Crippen molar-refractivity contribution >= 4 is 29.1 Å². The van der Waals surface area contributed by atoms with Crippen molar-refractivity contribution in [1.82, 2.24) is 19.7 Å². The summed E-state index contributed by atoms with van der Waals surface area (Å²) in [6.45, 7) is 3.71. The molecule has 0 radical (unpaired) electrons. The highest BCUT2D eigenvalue weighted by Crippen LogP contribution is 2.23. The number of ether oxygens (including phenoxy) is 1. The molecule has 0 spiro atoms. The van der Waals surface area contributed by atoms with Gasteiger partial charge < -0.3 is 19.4 Å². The Morgan fingerprint density at radius 2 is 1.94 bits per heavy atom. The zero-order valence-corrected chi connectivity index (χ0v) is 22.7. The molecule has 1 aliphatic rings. The molecule has 0 saturated carbocycles. The molecule has 0 fully saturated rings. The van der Waals surface area contributed by atoms with E-state index in [1.54, 1.807) is 46.2 Å². The van der Waals surface area contributed by atoms with Crippen LogP contribution in [0.1, 0.15) is 59.6 Å². The minimum Gasteiger partial charge on any atom is -0.493 e. The summed E-state index contributed by atoms with van der Waals surface area (Å²) in [4.78, 5) is 48.7. The number of hydrogen-bond donors (Lipinski definition) is 0. The average molecular weight is 515 g/mol. The molecule has 1 aromatic carbocycles. The number of unbranched alkanes of at least 4 members (excludes halogenated alkanes) is 1. The van der Waals surface area contributed by atoms with Crippen LogP contribution in [-0.2, 0) is 16.0 Å². The number of fused-ring (bicyclic) bond motifs is 1. The molecule has 1 aliphatic heterocycles. The SMILES string of the molecule is Cc1nc(CC(=O)N(C)CCCC[C@H]2C(=O)N(C)CCCCCOc3ccccc3C(=O)N2C)cs1. The topological polar surface area (TPSA) is 83.0 Å². The maximum atomic E-state index is 13.4. The van der Waals surface area contributed by atoms with E-state index in [4.69, 9.17) is 4.74 Å². The third-order valence-electron chi connectivity index (χ3n) is 6.61. The van der Waals surface area contributed by atoms with Crippen molar-refractivity contribution in [3.05, 3.63) is 45.9 Å². The molecule has 3 amide bonds. The van der Waals surface area contributed by atoms with Crippen molar-refractivity contribution in [3.8, 4) is 5.75 Å². The first-order chi connectivity index (χ1) is 17.3. The molecule has 0 aliphatic carbocycles. The molecule has 9 heteroatoms. The zero-order chi connectivity index (χ0) is 26.1. The lowest BCUT2D eigenvalue weighted by Gasteiger charge is -2.31. The molecule has 3 rings (SSSR count). The fourth-order valence-corrected chi connectivity index (χ4v) is 4.96. The number of aryl methyl sites for hydroxylation is 1.